The Hall–Kier alpha value is -0.830. The van der Waals surface area contributed by atoms with Crippen LogP contribution in [-0.4, -0.2) is 22.9 Å². The van der Waals surface area contributed by atoms with E-state index < -0.39 is 0 Å². The van der Waals surface area contributed by atoms with Gasteiger partial charge in [0.2, 0.25) is 0 Å². The lowest BCUT2D eigenvalue weighted by molar-refractivity contribution is 0.474. The predicted octanol–water partition coefficient (Wildman–Crippen LogP) is 1.99. The van der Waals surface area contributed by atoms with Gasteiger partial charge in [-0.05, 0) is 44.3 Å². The molecule has 0 aliphatic rings. The van der Waals surface area contributed by atoms with Crippen molar-refractivity contribution < 1.29 is 0 Å². The molecule has 0 saturated carbocycles. The molecule has 0 fully saturated rings. The summed E-state index contributed by atoms with van der Waals surface area (Å²) in [5.41, 5.74) is 1.33. The van der Waals surface area contributed by atoms with E-state index in [1.807, 2.05) is 17.9 Å². The summed E-state index contributed by atoms with van der Waals surface area (Å²) in [6.45, 7) is 6.77. The Bertz CT molecular complexity index is 268. The molecule has 1 unspecified atom stereocenters. The molecule has 0 aromatic carbocycles. The highest BCUT2D eigenvalue weighted by Gasteiger charge is 2.04. The molecule has 0 aliphatic heterocycles. The largest absolute Gasteiger partial charge is 0.316 e. The van der Waals surface area contributed by atoms with Gasteiger partial charge in [-0.3, -0.25) is 4.68 Å². The summed E-state index contributed by atoms with van der Waals surface area (Å²) in [6.07, 6.45) is 5.45. The molecule has 1 rings (SSSR count). The minimum atomic E-state index is 0.742. The molecule has 1 N–H and O–H groups in total. The lowest BCUT2D eigenvalue weighted by Crippen LogP contribution is -2.22. The van der Waals surface area contributed by atoms with E-state index in [1.165, 1.54) is 18.5 Å². The van der Waals surface area contributed by atoms with Gasteiger partial charge in [0.15, 0.2) is 0 Å². The average molecular weight is 209 g/mol. The molecule has 0 radical (unpaired) electrons. The van der Waals surface area contributed by atoms with Crippen molar-refractivity contribution in [3.05, 3.63) is 18.0 Å². The second-order valence-corrected chi connectivity index (χ2v) is 4.29. The van der Waals surface area contributed by atoms with Gasteiger partial charge in [-0.1, -0.05) is 13.8 Å². The van der Waals surface area contributed by atoms with Crippen LogP contribution in [0, 0.1) is 5.92 Å². The number of aromatic nitrogens is 2. The van der Waals surface area contributed by atoms with E-state index in [1.54, 1.807) is 0 Å². The van der Waals surface area contributed by atoms with E-state index in [9.17, 15) is 0 Å². The molecule has 0 bridgehead atoms. The number of hydrogen-bond donors (Lipinski definition) is 1. The standard InChI is InChI=1S/C12H23N3/c1-4-8-13-10-11(2)5-6-12-7-9-14-15(12)3/h7,9,11,13H,4-6,8,10H2,1-3H3. The summed E-state index contributed by atoms with van der Waals surface area (Å²) in [6, 6.07) is 2.10. The lowest BCUT2D eigenvalue weighted by atomic mass is 10.0. The van der Waals surface area contributed by atoms with E-state index in [0.717, 1.165) is 25.4 Å². The van der Waals surface area contributed by atoms with Crippen molar-refractivity contribution >= 4 is 0 Å². The Balaban J connectivity index is 2.16. The summed E-state index contributed by atoms with van der Waals surface area (Å²) in [7, 11) is 2.01. The Kier molecular flexibility index (Phi) is 5.40. The molecule has 1 atom stereocenters. The Morgan fingerprint density at radius 3 is 2.93 bits per heavy atom. The number of nitrogens with one attached hydrogen (secondary N) is 1. The van der Waals surface area contributed by atoms with Crippen molar-refractivity contribution in [3.63, 3.8) is 0 Å². The topological polar surface area (TPSA) is 29.9 Å². The highest BCUT2D eigenvalue weighted by atomic mass is 15.2. The molecular formula is C12H23N3. The molecule has 1 heterocycles. The molecule has 0 saturated heterocycles. The van der Waals surface area contributed by atoms with Crippen LogP contribution in [-0.2, 0) is 13.5 Å². The quantitative estimate of drug-likeness (QED) is 0.696. The zero-order valence-corrected chi connectivity index (χ0v) is 10.2. The van der Waals surface area contributed by atoms with Gasteiger partial charge >= 0.3 is 0 Å². The first-order valence-corrected chi connectivity index (χ1v) is 5.91. The van der Waals surface area contributed by atoms with E-state index in [0.29, 0.717) is 0 Å². The number of rotatable bonds is 7. The van der Waals surface area contributed by atoms with Crippen LogP contribution in [0.5, 0.6) is 0 Å². The molecule has 0 amide bonds. The molecule has 0 spiro atoms. The van der Waals surface area contributed by atoms with E-state index >= 15 is 0 Å². The highest BCUT2D eigenvalue weighted by molar-refractivity contribution is 4.99. The van der Waals surface area contributed by atoms with Gasteiger partial charge in [0.25, 0.3) is 0 Å². The first-order chi connectivity index (χ1) is 7.24. The monoisotopic (exact) mass is 209 g/mol. The Morgan fingerprint density at radius 2 is 2.33 bits per heavy atom. The Morgan fingerprint density at radius 1 is 1.53 bits per heavy atom. The minimum Gasteiger partial charge on any atom is -0.316 e. The highest BCUT2D eigenvalue weighted by Crippen LogP contribution is 2.07. The second-order valence-electron chi connectivity index (χ2n) is 4.29. The first kappa shape index (κ1) is 12.2. The fraction of sp³-hybridized carbons (Fsp3) is 0.750. The van der Waals surface area contributed by atoms with Crippen LogP contribution in [0.2, 0.25) is 0 Å². The number of aryl methyl sites for hydroxylation is 2. The number of nitrogens with zero attached hydrogens (tertiary/aromatic N) is 2. The summed E-state index contributed by atoms with van der Waals surface area (Å²) < 4.78 is 1.96. The van der Waals surface area contributed by atoms with Gasteiger partial charge in [0, 0.05) is 18.9 Å². The third kappa shape index (κ3) is 4.47. The normalized spacial score (nSPS) is 13.0. The van der Waals surface area contributed by atoms with Gasteiger partial charge in [0.05, 0.1) is 0 Å². The summed E-state index contributed by atoms with van der Waals surface area (Å²) >= 11 is 0. The van der Waals surface area contributed by atoms with Crippen LogP contribution in [0.1, 0.15) is 32.4 Å². The maximum atomic E-state index is 4.17. The van der Waals surface area contributed by atoms with Crippen LogP contribution in [0.15, 0.2) is 12.3 Å². The summed E-state index contributed by atoms with van der Waals surface area (Å²) in [4.78, 5) is 0. The SMILES string of the molecule is CCCNCC(C)CCc1ccnn1C. The molecule has 0 aliphatic carbocycles. The summed E-state index contributed by atoms with van der Waals surface area (Å²) in [5, 5.41) is 7.63. The molecule has 86 valence electrons. The Labute approximate surface area is 92.9 Å². The predicted molar refractivity (Wildman–Crippen MR) is 63.9 cm³/mol. The summed E-state index contributed by atoms with van der Waals surface area (Å²) in [5.74, 6) is 0.742. The van der Waals surface area contributed by atoms with Crippen molar-refractivity contribution in [1.82, 2.24) is 15.1 Å². The minimum absolute atomic E-state index is 0.742. The maximum Gasteiger partial charge on any atom is 0.0492 e. The van der Waals surface area contributed by atoms with Crippen molar-refractivity contribution in [2.45, 2.75) is 33.1 Å². The third-order valence-electron chi connectivity index (χ3n) is 2.74. The fourth-order valence-corrected chi connectivity index (χ4v) is 1.67. The van der Waals surface area contributed by atoms with Gasteiger partial charge in [-0.25, -0.2) is 0 Å². The zero-order valence-electron chi connectivity index (χ0n) is 10.2. The van der Waals surface area contributed by atoms with Crippen molar-refractivity contribution in [1.29, 1.82) is 0 Å². The van der Waals surface area contributed by atoms with Gasteiger partial charge < -0.3 is 5.32 Å². The lowest BCUT2D eigenvalue weighted by Gasteiger charge is -2.11. The second kappa shape index (κ2) is 6.62. The molecule has 1 aromatic rings. The maximum absolute atomic E-state index is 4.17. The van der Waals surface area contributed by atoms with Crippen molar-refractivity contribution in [3.8, 4) is 0 Å². The molecule has 3 nitrogen and oxygen atoms in total. The number of hydrogen-bond acceptors (Lipinski definition) is 2. The first-order valence-electron chi connectivity index (χ1n) is 5.91. The fourth-order valence-electron chi connectivity index (χ4n) is 1.67. The van der Waals surface area contributed by atoms with Gasteiger partial charge in [-0.15, -0.1) is 0 Å². The van der Waals surface area contributed by atoms with E-state index in [-0.39, 0.29) is 0 Å². The van der Waals surface area contributed by atoms with Crippen LogP contribution in [0.4, 0.5) is 0 Å². The van der Waals surface area contributed by atoms with E-state index in [2.05, 4.69) is 30.3 Å². The smallest absolute Gasteiger partial charge is 0.0492 e. The molecule has 1 aromatic heterocycles. The van der Waals surface area contributed by atoms with Crippen LogP contribution >= 0.6 is 0 Å². The molecular weight excluding hydrogens is 186 g/mol. The van der Waals surface area contributed by atoms with E-state index in [4.69, 9.17) is 0 Å². The molecule has 15 heavy (non-hydrogen) atoms. The van der Waals surface area contributed by atoms with Crippen LogP contribution in [0.3, 0.4) is 0 Å². The van der Waals surface area contributed by atoms with Crippen LogP contribution in [0.25, 0.3) is 0 Å². The third-order valence-corrected chi connectivity index (χ3v) is 2.74. The van der Waals surface area contributed by atoms with Gasteiger partial charge in [0.1, 0.15) is 0 Å². The van der Waals surface area contributed by atoms with Crippen molar-refractivity contribution in [2.24, 2.45) is 13.0 Å². The zero-order chi connectivity index (χ0) is 11.1. The van der Waals surface area contributed by atoms with Crippen molar-refractivity contribution in [2.75, 3.05) is 13.1 Å². The molecule has 3 heteroatoms. The average Bonchev–Trinajstić information content (AvgIpc) is 2.61. The van der Waals surface area contributed by atoms with Gasteiger partial charge in [-0.2, -0.15) is 5.10 Å². The van der Waals surface area contributed by atoms with Crippen LogP contribution < -0.4 is 5.32 Å².